The highest BCUT2D eigenvalue weighted by molar-refractivity contribution is 6.31. The van der Waals surface area contributed by atoms with E-state index in [0.717, 1.165) is 5.56 Å². The average Bonchev–Trinajstić information content (AvgIpc) is 2.27. The van der Waals surface area contributed by atoms with Gasteiger partial charge in [-0.2, -0.15) is 0 Å². The highest BCUT2D eigenvalue weighted by Crippen LogP contribution is 2.17. The molecule has 0 aliphatic rings. The maximum atomic E-state index is 11.6. The molecule has 1 rings (SSSR count). The zero-order valence-corrected chi connectivity index (χ0v) is 10.3. The maximum Gasteiger partial charge on any atom is 0.312 e. The average molecular weight is 256 g/mol. The number of carbonyl (C=O) groups is 2. The molecule has 0 radical (unpaired) electrons. The zero-order chi connectivity index (χ0) is 12.8. The van der Waals surface area contributed by atoms with Crippen molar-refractivity contribution in [3.05, 3.63) is 34.9 Å². The fourth-order valence-corrected chi connectivity index (χ4v) is 1.65. The number of hydrogen-bond donors (Lipinski definition) is 1. The van der Waals surface area contributed by atoms with Crippen molar-refractivity contribution in [2.24, 2.45) is 0 Å². The van der Waals surface area contributed by atoms with Crippen LogP contribution >= 0.6 is 11.6 Å². The van der Waals surface area contributed by atoms with Crippen LogP contribution in [0.1, 0.15) is 18.9 Å². The van der Waals surface area contributed by atoms with Gasteiger partial charge in [-0.3, -0.25) is 9.59 Å². The molecule has 5 heteroatoms. The van der Waals surface area contributed by atoms with Gasteiger partial charge in [0.1, 0.15) is 6.42 Å². The van der Waals surface area contributed by atoms with Crippen molar-refractivity contribution in [2.75, 3.05) is 6.54 Å². The molecule has 1 aromatic carbocycles. The Hall–Kier alpha value is -1.55. The van der Waals surface area contributed by atoms with E-state index in [1.807, 2.05) is 12.1 Å². The second-order valence-electron chi connectivity index (χ2n) is 3.57. The molecule has 0 fully saturated rings. The summed E-state index contributed by atoms with van der Waals surface area (Å²) < 4.78 is 0. The number of halogens is 1. The Kier molecular flexibility index (Phi) is 4.97. The zero-order valence-electron chi connectivity index (χ0n) is 9.52. The molecule has 0 spiro atoms. The summed E-state index contributed by atoms with van der Waals surface area (Å²) in [4.78, 5) is 23.5. The Balaban J connectivity index is 2.73. The van der Waals surface area contributed by atoms with Crippen LogP contribution in [0.4, 0.5) is 0 Å². The van der Waals surface area contributed by atoms with E-state index >= 15 is 0 Å². The summed E-state index contributed by atoms with van der Waals surface area (Å²) >= 11 is 5.98. The van der Waals surface area contributed by atoms with Gasteiger partial charge in [0.2, 0.25) is 5.91 Å². The minimum Gasteiger partial charge on any atom is -0.481 e. The fourth-order valence-electron chi connectivity index (χ4n) is 1.45. The Bertz CT molecular complexity index is 420. The first-order valence-electron chi connectivity index (χ1n) is 5.27. The third kappa shape index (κ3) is 4.07. The van der Waals surface area contributed by atoms with Gasteiger partial charge in [-0.25, -0.2) is 0 Å². The number of carbonyl (C=O) groups excluding carboxylic acids is 1. The summed E-state index contributed by atoms with van der Waals surface area (Å²) in [7, 11) is 0. The Morgan fingerprint density at radius 1 is 1.35 bits per heavy atom. The molecule has 1 N–H and O–H groups in total. The van der Waals surface area contributed by atoms with Crippen LogP contribution in [0.25, 0.3) is 0 Å². The Morgan fingerprint density at radius 3 is 2.53 bits per heavy atom. The lowest BCUT2D eigenvalue weighted by Gasteiger charge is -2.20. The maximum absolute atomic E-state index is 11.6. The van der Waals surface area contributed by atoms with Crippen molar-refractivity contribution in [3.63, 3.8) is 0 Å². The van der Waals surface area contributed by atoms with Crippen molar-refractivity contribution in [3.8, 4) is 0 Å². The summed E-state index contributed by atoms with van der Waals surface area (Å²) in [6.45, 7) is 2.59. The number of carboxylic acid groups (broad SMARTS) is 1. The van der Waals surface area contributed by atoms with E-state index in [9.17, 15) is 9.59 Å². The van der Waals surface area contributed by atoms with Crippen LogP contribution < -0.4 is 0 Å². The van der Waals surface area contributed by atoms with Crippen LogP contribution in [0.2, 0.25) is 5.02 Å². The molecule has 0 heterocycles. The monoisotopic (exact) mass is 255 g/mol. The second kappa shape index (κ2) is 6.25. The number of hydrogen-bond acceptors (Lipinski definition) is 2. The second-order valence-corrected chi connectivity index (χ2v) is 3.98. The van der Waals surface area contributed by atoms with Crippen LogP contribution in [0.5, 0.6) is 0 Å². The molecule has 92 valence electrons. The summed E-state index contributed by atoms with van der Waals surface area (Å²) in [5.41, 5.74) is 0.815. The Morgan fingerprint density at radius 2 is 2.00 bits per heavy atom. The molecule has 0 atom stereocenters. The molecule has 4 nitrogen and oxygen atoms in total. The lowest BCUT2D eigenvalue weighted by Crippen LogP contribution is -2.31. The quantitative estimate of drug-likeness (QED) is 0.821. The Labute approximate surface area is 105 Å². The van der Waals surface area contributed by atoms with Crippen LogP contribution in [-0.2, 0) is 16.1 Å². The van der Waals surface area contributed by atoms with E-state index < -0.39 is 18.3 Å². The first kappa shape index (κ1) is 13.5. The summed E-state index contributed by atoms with van der Waals surface area (Å²) in [6.07, 6.45) is -0.488. The molecule has 1 aromatic rings. The number of rotatable bonds is 5. The predicted molar refractivity (Wildman–Crippen MR) is 64.8 cm³/mol. The molecule has 0 aliphatic heterocycles. The van der Waals surface area contributed by atoms with Gasteiger partial charge in [-0.15, -0.1) is 0 Å². The first-order valence-corrected chi connectivity index (χ1v) is 5.65. The van der Waals surface area contributed by atoms with Gasteiger partial charge in [0.05, 0.1) is 0 Å². The molecule has 17 heavy (non-hydrogen) atoms. The molecule has 0 aliphatic carbocycles. The van der Waals surface area contributed by atoms with E-state index in [0.29, 0.717) is 18.1 Å². The third-order valence-electron chi connectivity index (χ3n) is 2.36. The third-order valence-corrected chi connectivity index (χ3v) is 2.72. The summed E-state index contributed by atoms with van der Waals surface area (Å²) in [5, 5.41) is 9.15. The van der Waals surface area contributed by atoms with Gasteiger partial charge >= 0.3 is 5.97 Å². The smallest absolute Gasteiger partial charge is 0.312 e. The number of carboxylic acids is 1. The van der Waals surface area contributed by atoms with Crippen molar-refractivity contribution in [2.45, 2.75) is 19.9 Å². The van der Waals surface area contributed by atoms with Crippen LogP contribution in [0.15, 0.2) is 24.3 Å². The van der Waals surface area contributed by atoms with Crippen molar-refractivity contribution < 1.29 is 14.7 Å². The molecule has 0 saturated heterocycles. The summed E-state index contributed by atoms with van der Waals surface area (Å²) in [5.74, 6) is -1.52. The predicted octanol–water partition coefficient (Wildman–Crippen LogP) is 2.16. The van der Waals surface area contributed by atoms with E-state index in [-0.39, 0.29) is 0 Å². The minimum absolute atomic E-state index is 0.336. The fraction of sp³-hybridized carbons (Fsp3) is 0.333. The number of nitrogens with zero attached hydrogens (tertiary/aromatic N) is 1. The number of aliphatic carboxylic acids is 1. The molecule has 0 aromatic heterocycles. The highest BCUT2D eigenvalue weighted by Gasteiger charge is 2.16. The van der Waals surface area contributed by atoms with Crippen LogP contribution in [0, 0.1) is 0 Å². The topological polar surface area (TPSA) is 57.6 Å². The van der Waals surface area contributed by atoms with E-state index in [2.05, 4.69) is 0 Å². The number of amides is 1. The van der Waals surface area contributed by atoms with Gasteiger partial charge in [0.15, 0.2) is 0 Å². The van der Waals surface area contributed by atoms with Crippen molar-refractivity contribution >= 4 is 23.5 Å². The van der Waals surface area contributed by atoms with Crippen molar-refractivity contribution in [1.82, 2.24) is 4.90 Å². The van der Waals surface area contributed by atoms with E-state index in [1.165, 1.54) is 4.90 Å². The van der Waals surface area contributed by atoms with Gasteiger partial charge < -0.3 is 10.0 Å². The molecule has 0 bridgehead atoms. The minimum atomic E-state index is -1.12. The molecular formula is C12H14ClNO3. The molecular weight excluding hydrogens is 242 g/mol. The SMILES string of the molecule is CCN(Cc1ccccc1Cl)C(=O)CC(=O)O. The van der Waals surface area contributed by atoms with Crippen LogP contribution in [0.3, 0.4) is 0 Å². The normalized spacial score (nSPS) is 10.0. The number of benzene rings is 1. The summed E-state index contributed by atoms with van der Waals surface area (Å²) in [6, 6.07) is 7.20. The lowest BCUT2D eigenvalue weighted by molar-refractivity contribution is -0.144. The van der Waals surface area contributed by atoms with Gasteiger partial charge in [0.25, 0.3) is 0 Å². The lowest BCUT2D eigenvalue weighted by atomic mass is 10.2. The first-order chi connectivity index (χ1) is 8.04. The highest BCUT2D eigenvalue weighted by atomic mass is 35.5. The van der Waals surface area contributed by atoms with E-state index in [4.69, 9.17) is 16.7 Å². The van der Waals surface area contributed by atoms with Crippen molar-refractivity contribution in [1.29, 1.82) is 0 Å². The van der Waals surface area contributed by atoms with Gasteiger partial charge in [-0.1, -0.05) is 29.8 Å². The standard InChI is InChI=1S/C12H14ClNO3/c1-2-14(11(15)7-12(16)17)8-9-5-3-4-6-10(9)13/h3-6H,2,7-8H2,1H3,(H,16,17). The van der Waals surface area contributed by atoms with E-state index in [1.54, 1.807) is 19.1 Å². The van der Waals surface area contributed by atoms with Gasteiger partial charge in [0, 0.05) is 18.1 Å². The molecule has 0 saturated carbocycles. The van der Waals surface area contributed by atoms with Gasteiger partial charge in [-0.05, 0) is 18.6 Å². The molecule has 0 unspecified atom stereocenters. The largest absolute Gasteiger partial charge is 0.481 e. The van der Waals surface area contributed by atoms with Crippen LogP contribution in [-0.4, -0.2) is 28.4 Å². The molecule has 1 amide bonds.